The van der Waals surface area contributed by atoms with Gasteiger partial charge in [-0.25, -0.2) is 0 Å². The smallest absolute Gasteiger partial charge is 0.0204 e. The predicted octanol–water partition coefficient (Wildman–Crippen LogP) is 3.28. The zero-order valence-corrected chi connectivity index (χ0v) is 12.8. The molecule has 0 bridgehead atoms. The maximum Gasteiger partial charge on any atom is 0.0204 e. The van der Waals surface area contributed by atoms with Gasteiger partial charge in [-0.05, 0) is 50.5 Å². The second-order valence-electron chi connectivity index (χ2n) is 7.12. The molecule has 1 heterocycles. The average Bonchev–Trinajstić information content (AvgIpc) is 2.87. The molecule has 2 aliphatic rings. The van der Waals surface area contributed by atoms with Gasteiger partial charge in [0.05, 0.1) is 0 Å². The highest BCUT2D eigenvalue weighted by atomic mass is 15.2. The largest absolute Gasteiger partial charge is 0.316 e. The molecule has 1 saturated heterocycles. The van der Waals surface area contributed by atoms with E-state index >= 15 is 0 Å². The standard InChI is InChI=1S/C16H32N2/c1-5-16(2,3)13-6-8-15(9-7-13)18-11-10-14(12-18)17-4/h13-15,17H,5-12H2,1-4H3. The summed E-state index contributed by atoms with van der Waals surface area (Å²) in [6.07, 6.45) is 8.44. The first kappa shape index (κ1) is 14.3. The Kier molecular flexibility index (Phi) is 4.71. The number of likely N-dealkylation sites (N-methyl/N-ethyl adjacent to an activating group) is 1. The van der Waals surface area contributed by atoms with E-state index in [-0.39, 0.29) is 0 Å². The first-order valence-corrected chi connectivity index (χ1v) is 7.98. The van der Waals surface area contributed by atoms with Gasteiger partial charge < -0.3 is 5.32 Å². The van der Waals surface area contributed by atoms with Gasteiger partial charge >= 0.3 is 0 Å². The number of rotatable bonds is 4. The van der Waals surface area contributed by atoms with E-state index in [2.05, 4.69) is 38.0 Å². The molecule has 0 aromatic carbocycles. The first-order chi connectivity index (χ1) is 8.56. The first-order valence-electron chi connectivity index (χ1n) is 7.98. The molecule has 2 nitrogen and oxygen atoms in total. The van der Waals surface area contributed by atoms with Gasteiger partial charge in [-0.1, -0.05) is 27.2 Å². The molecule has 0 radical (unpaired) electrons. The number of hydrogen-bond acceptors (Lipinski definition) is 2. The summed E-state index contributed by atoms with van der Waals surface area (Å²) in [5.74, 6) is 0.960. The van der Waals surface area contributed by atoms with Crippen LogP contribution in [0, 0.1) is 11.3 Å². The van der Waals surface area contributed by atoms with Crippen molar-refractivity contribution in [3.63, 3.8) is 0 Å². The maximum atomic E-state index is 3.43. The van der Waals surface area contributed by atoms with Gasteiger partial charge in [0, 0.05) is 25.2 Å². The van der Waals surface area contributed by atoms with Gasteiger partial charge in [-0.15, -0.1) is 0 Å². The molecule has 0 amide bonds. The zero-order chi connectivity index (χ0) is 13.2. The Morgan fingerprint density at radius 2 is 1.78 bits per heavy atom. The average molecular weight is 252 g/mol. The summed E-state index contributed by atoms with van der Waals surface area (Å²) >= 11 is 0. The van der Waals surface area contributed by atoms with Gasteiger partial charge in [-0.2, -0.15) is 0 Å². The number of hydrogen-bond donors (Lipinski definition) is 1. The minimum absolute atomic E-state index is 0.559. The van der Waals surface area contributed by atoms with E-state index in [1.54, 1.807) is 0 Å². The van der Waals surface area contributed by atoms with Crippen molar-refractivity contribution >= 4 is 0 Å². The van der Waals surface area contributed by atoms with Gasteiger partial charge in [0.2, 0.25) is 0 Å². The molecule has 1 aliphatic carbocycles. The van der Waals surface area contributed by atoms with Gasteiger partial charge in [0.15, 0.2) is 0 Å². The van der Waals surface area contributed by atoms with Crippen LogP contribution in [-0.2, 0) is 0 Å². The fourth-order valence-corrected chi connectivity index (χ4v) is 3.87. The topological polar surface area (TPSA) is 15.3 Å². The van der Waals surface area contributed by atoms with Crippen molar-refractivity contribution in [3.05, 3.63) is 0 Å². The molecule has 0 aromatic rings. The Morgan fingerprint density at radius 3 is 2.28 bits per heavy atom. The second kappa shape index (κ2) is 5.92. The summed E-state index contributed by atoms with van der Waals surface area (Å²) in [7, 11) is 2.11. The van der Waals surface area contributed by atoms with Crippen molar-refractivity contribution < 1.29 is 0 Å². The summed E-state index contributed by atoms with van der Waals surface area (Å²) in [6, 6.07) is 1.63. The Morgan fingerprint density at radius 1 is 1.11 bits per heavy atom. The van der Waals surface area contributed by atoms with E-state index in [0.717, 1.165) is 18.0 Å². The van der Waals surface area contributed by atoms with E-state index in [1.165, 1.54) is 51.6 Å². The molecule has 1 atom stereocenters. The Labute approximate surface area is 114 Å². The van der Waals surface area contributed by atoms with E-state index in [4.69, 9.17) is 0 Å². The molecule has 0 aromatic heterocycles. The fourth-order valence-electron chi connectivity index (χ4n) is 3.87. The van der Waals surface area contributed by atoms with Crippen LogP contribution in [0.25, 0.3) is 0 Å². The number of nitrogens with zero attached hydrogens (tertiary/aromatic N) is 1. The maximum absolute atomic E-state index is 3.43. The van der Waals surface area contributed by atoms with Crippen molar-refractivity contribution in [1.82, 2.24) is 10.2 Å². The summed E-state index contributed by atoms with van der Waals surface area (Å²) in [6.45, 7) is 9.88. The van der Waals surface area contributed by atoms with Crippen molar-refractivity contribution in [2.45, 2.75) is 71.4 Å². The van der Waals surface area contributed by atoms with E-state index in [1.807, 2.05) is 0 Å². The number of nitrogens with one attached hydrogen (secondary N) is 1. The minimum atomic E-state index is 0.559. The Balaban J connectivity index is 1.80. The predicted molar refractivity (Wildman–Crippen MR) is 78.9 cm³/mol. The molecule has 1 aliphatic heterocycles. The van der Waals surface area contributed by atoms with Crippen LogP contribution in [-0.4, -0.2) is 37.1 Å². The lowest BCUT2D eigenvalue weighted by Gasteiger charge is -2.41. The van der Waals surface area contributed by atoms with Crippen LogP contribution in [0.5, 0.6) is 0 Å². The molecule has 1 unspecified atom stereocenters. The minimum Gasteiger partial charge on any atom is -0.316 e. The lowest BCUT2D eigenvalue weighted by Crippen LogP contribution is -2.40. The third-order valence-corrected chi connectivity index (χ3v) is 5.86. The normalized spacial score (nSPS) is 35.0. The quantitative estimate of drug-likeness (QED) is 0.826. The van der Waals surface area contributed by atoms with Crippen molar-refractivity contribution in [2.75, 3.05) is 20.1 Å². The van der Waals surface area contributed by atoms with Gasteiger partial charge in [0.25, 0.3) is 0 Å². The monoisotopic (exact) mass is 252 g/mol. The number of likely N-dealkylation sites (tertiary alicyclic amines) is 1. The molecule has 106 valence electrons. The molecule has 2 rings (SSSR count). The van der Waals surface area contributed by atoms with Crippen LogP contribution >= 0.6 is 0 Å². The third-order valence-electron chi connectivity index (χ3n) is 5.86. The van der Waals surface area contributed by atoms with Crippen molar-refractivity contribution in [3.8, 4) is 0 Å². The van der Waals surface area contributed by atoms with E-state index in [9.17, 15) is 0 Å². The summed E-state index contributed by atoms with van der Waals surface area (Å²) in [5, 5.41) is 3.43. The molecule has 2 heteroatoms. The fraction of sp³-hybridized carbons (Fsp3) is 1.00. The molecule has 18 heavy (non-hydrogen) atoms. The van der Waals surface area contributed by atoms with E-state index < -0.39 is 0 Å². The molecular weight excluding hydrogens is 220 g/mol. The highest BCUT2D eigenvalue weighted by molar-refractivity contribution is 4.90. The molecular formula is C16H32N2. The van der Waals surface area contributed by atoms with Crippen LogP contribution in [0.4, 0.5) is 0 Å². The molecule has 1 saturated carbocycles. The van der Waals surface area contributed by atoms with Crippen LogP contribution in [0.1, 0.15) is 59.3 Å². The van der Waals surface area contributed by atoms with Gasteiger partial charge in [-0.3, -0.25) is 4.90 Å². The summed E-state index contributed by atoms with van der Waals surface area (Å²) in [5.41, 5.74) is 0.559. The van der Waals surface area contributed by atoms with Crippen LogP contribution in [0.2, 0.25) is 0 Å². The van der Waals surface area contributed by atoms with Crippen LogP contribution in [0.3, 0.4) is 0 Å². The van der Waals surface area contributed by atoms with E-state index in [0.29, 0.717) is 5.41 Å². The lowest BCUT2D eigenvalue weighted by atomic mass is 9.69. The van der Waals surface area contributed by atoms with Crippen LogP contribution in [0.15, 0.2) is 0 Å². The highest BCUT2D eigenvalue weighted by Crippen LogP contribution is 2.41. The zero-order valence-electron chi connectivity index (χ0n) is 12.8. The highest BCUT2D eigenvalue weighted by Gasteiger charge is 2.35. The van der Waals surface area contributed by atoms with Crippen LogP contribution < -0.4 is 5.32 Å². The lowest BCUT2D eigenvalue weighted by molar-refractivity contribution is 0.0963. The SMILES string of the molecule is CCC(C)(C)C1CCC(N2CCC(NC)C2)CC1. The Hall–Kier alpha value is -0.0800. The summed E-state index contributed by atoms with van der Waals surface area (Å²) in [4.78, 5) is 2.75. The summed E-state index contributed by atoms with van der Waals surface area (Å²) < 4.78 is 0. The second-order valence-corrected chi connectivity index (χ2v) is 7.12. The van der Waals surface area contributed by atoms with Crippen molar-refractivity contribution in [2.24, 2.45) is 11.3 Å². The van der Waals surface area contributed by atoms with Crippen molar-refractivity contribution in [1.29, 1.82) is 0 Å². The Bertz CT molecular complexity index is 254. The molecule has 0 spiro atoms. The molecule has 1 N–H and O–H groups in total. The van der Waals surface area contributed by atoms with Gasteiger partial charge in [0.1, 0.15) is 0 Å². The third kappa shape index (κ3) is 3.08. The molecule has 2 fully saturated rings.